The summed E-state index contributed by atoms with van der Waals surface area (Å²) < 4.78 is 25.6. The van der Waals surface area contributed by atoms with E-state index >= 15 is 0 Å². The van der Waals surface area contributed by atoms with Gasteiger partial charge in [0.2, 0.25) is 0 Å². The minimum absolute atomic E-state index is 0.0581. The van der Waals surface area contributed by atoms with E-state index in [1.165, 1.54) is 31.2 Å². The van der Waals surface area contributed by atoms with Gasteiger partial charge in [-0.3, -0.25) is 19.9 Å². The molecule has 0 radical (unpaired) electrons. The van der Waals surface area contributed by atoms with Crippen LogP contribution in [0.1, 0.15) is 38.6 Å². The van der Waals surface area contributed by atoms with Crippen LogP contribution in [0.15, 0.2) is 24.3 Å². The number of esters is 1. The average molecular weight is 490 g/mol. The standard InChI is InChI=1S/C23H26N2O10/c1-13(2)33-23(28)35-21-15(4)24-14(3)20(34-22(27)32-11-7-10-31-16(5)26)19(21)17-8-6-9-18(12-17)25(29)30/h6,8-9,12-13H,7,10-11H2,1-5H3. The summed E-state index contributed by atoms with van der Waals surface area (Å²) >= 11 is 0. The van der Waals surface area contributed by atoms with Gasteiger partial charge in [-0.1, -0.05) is 12.1 Å². The number of carbonyl (C=O) groups is 3. The Kier molecular flexibility index (Phi) is 9.50. The first-order valence-electron chi connectivity index (χ1n) is 10.6. The van der Waals surface area contributed by atoms with Crippen molar-refractivity contribution in [2.24, 2.45) is 0 Å². The highest BCUT2D eigenvalue weighted by molar-refractivity contribution is 5.84. The quantitative estimate of drug-likeness (QED) is 0.158. The largest absolute Gasteiger partial charge is 0.514 e. The lowest BCUT2D eigenvalue weighted by Gasteiger charge is -2.18. The van der Waals surface area contributed by atoms with E-state index in [-0.39, 0.29) is 59.3 Å². The number of hydrogen-bond acceptors (Lipinski definition) is 11. The van der Waals surface area contributed by atoms with Gasteiger partial charge in [-0.25, -0.2) is 9.59 Å². The van der Waals surface area contributed by atoms with Gasteiger partial charge in [0.05, 0.1) is 41.2 Å². The Balaban J connectivity index is 2.46. The maximum Gasteiger partial charge on any atom is 0.514 e. The second-order valence-corrected chi connectivity index (χ2v) is 7.54. The molecule has 0 unspecified atom stereocenters. The van der Waals surface area contributed by atoms with E-state index in [0.29, 0.717) is 0 Å². The van der Waals surface area contributed by atoms with Gasteiger partial charge in [0.25, 0.3) is 5.69 Å². The number of benzene rings is 1. The number of aromatic nitrogens is 1. The zero-order chi connectivity index (χ0) is 26.1. The van der Waals surface area contributed by atoms with Crippen LogP contribution >= 0.6 is 0 Å². The van der Waals surface area contributed by atoms with Crippen LogP contribution in [-0.2, 0) is 19.0 Å². The van der Waals surface area contributed by atoms with E-state index < -0.39 is 29.3 Å². The van der Waals surface area contributed by atoms with Crippen molar-refractivity contribution >= 4 is 24.0 Å². The highest BCUT2D eigenvalue weighted by Crippen LogP contribution is 2.43. The van der Waals surface area contributed by atoms with Gasteiger partial charge in [0.1, 0.15) is 0 Å². The first-order chi connectivity index (χ1) is 16.5. The molecule has 0 N–H and O–H groups in total. The van der Waals surface area contributed by atoms with Crippen molar-refractivity contribution in [3.63, 3.8) is 0 Å². The topological polar surface area (TPSA) is 153 Å². The molecule has 0 spiro atoms. The molecule has 12 nitrogen and oxygen atoms in total. The summed E-state index contributed by atoms with van der Waals surface area (Å²) in [6, 6.07) is 5.49. The van der Waals surface area contributed by atoms with Crippen molar-refractivity contribution < 1.29 is 43.0 Å². The van der Waals surface area contributed by atoms with Gasteiger partial charge in [-0.15, -0.1) is 0 Å². The molecule has 0 atom stereocenters. The SMILES string of the molecule is CC(=O)OCCCOC(=O)Oc1c(C)nc(C)c(OC(=O)OC(C)C)c1-c1cccc([N+](=O)[O-])c1. The van der Waals surface area contributed by atoms with Crippen molar-refractivity contribution in [1.82, 2.24) is 4.98 Å². The zero-order valence-corrected chi connectivity index (χ0v) is 20.0. The van der Waals surface area contributed by atoms with Crippen LogP contribution in [0.4, 0.5) is 15.3 Å². The fraction of sp³-hybridized carbons (Fsp3) is 0.391. The van der Waals surface area contributed by atoms with E-state index in [2.05, 4.69) is 4.98 Å². The lowest BCUT2D eigenvalue weighted by molar-refractivity contribution is -0.384. The smallest absolute Gasteiger partial charge is 0.466 e. The number of ether oxygens (including phenoxy) is 5. The van der Waals surface area contributed by atoms with Crippen LogP contribution in [0.2, 0.25) is 0 Å². The van der Waals surface area contributed by atoms with E-state index in [4.69, 9.17) is 23.7 Å². The fourth-order valence-corrected chi connectivity index (χ4v) is 2.95. The number of rotatable bonds is 9. The lowest BCUT2D eigenvalue weighted by Crippen LogP contribution is -2.18. The van der Waals surface area contributed by atoms with Gasteiger partial charge in [0, 0.05) is 25.5 Å². The molecule has 35 heavy (non-hydrogen) atoms. The number of nitro groups is 1. The summed E-state index contributed by atoms with van der Waals surface area (Å²) in [5.74, 6) is -0.674. The number of nitro benzene ring substituents is 1. The van der Waals surface area contributed by atoms with E-state index in [0.717, 1.165) is 0 Å². The van der Waals surface area contributed by atoms with Crippen LogP contribution < -0.4 is 9.47 Å². The molecule has 2 rings (SSSR count). The number of non-ortho nitro benzene ring substituents is 1. The molecule has 0 saturated heterocycles. The number of nitrogens with zero attached hydrogens (tertiary/aromatic N) is 2. The normalized spacial score (nSPS) is 10.5. The molecule has 1 aromatic heterocycles. The monoisotopic (exact) mass is 490 g/mol. The van der Waals surface area contributed by atoms with E-state index in [1.54, 1.807) is 27.7 Å². The molecule has 1 aromatic carbocycles. The molecular formula is C23H26N2O10. The lowest BCUT2D eigenvalue weighted by atomic mass is 10.0. The third kappa shape index (κ3) is 7.95. The van der Waals surface area contributed by atoms with Crippen LogP contribution in [-0.4, -0.2) is 47.5 Å². The number of aryl methyl sites for hydroxylation is 2. The van der Waals surface area contributed by atoms with Crippen molar-refractivity contribution in [2.45, 2.75) is 47.1 Å². The van der Waals surface area contributed by atoms with Gasteiger partial charge < -0.3 is 23.7 Å². The molecule has 12 heteroatoms. The molecule has 0 bridgehead atoms. The van der Waals surface area contributed by atoms with Crippen LogP contribution in [0.25, 0.3) is 11.1 Å². The zero-order valence-electron chi connectivity index (χ0n) is 20.0. The molecular weight excluding hydrogens is 464 g/mol. The van der Waals surface area contributed by atoms with Crippen molar-refractivity contribution in [3.8, 4) is 22.6 Å². The maximum absolute atomic E-state index is 12.4. The Labute approximate surface area is 201 Å². The molecule has 0 amide bonds. The fourth-order valence-electron chi connectivity index (χ4n) is 2.95. The Morgan fingerprint density at radius 2 is 1.60 bits per heavy atom. The van der Waals surface area contributed by atoms with Crippen LogP contribution in [0.3, 0.4) is 0 Å². The predicted molar refractivity (Wildman–Crippen MR) is 121 cm³/mol. The summed E-state index contributed by atoms with van der Waals surface area (Å²) in [7, 11) is 0. The molecule has 0 aliphatic heterocycles. The average Bonchev–Trinajstić information content (AvgIpc) is 2.76. The molecule has 188 valence electrons. The van der Waals surface area contributed by atoms with Crippen molar-refractivity contribution in [2.75, 3.05) is 13.2 Å². The Morgan fingerprint density at radius 1 is 1.00 bits per heavy atom. The highest BCUT2D eigenvalue weighted by Gasteiger charge is 2.26. The minimum Gasteiger partial charge on any atom is -0.466 e. The molecule has 2 aromatic rings. The third-order valence-corrected chi connectivity index (χ3v) is 4.31. The number of pyridine rings is 1. The Hall–Kier alpha value is -4.22. The summed E-state index contributed by atoms with van der Waals surface area (Å²) in [5, 5.41) is 11.3. The van der Waals surface area contributed by atoms with E-state index in [1.807, 2.05) is 0 Å². The molecule has 0 aliphatic rings. The molecule has 1 heterocycles. The van der Waals surface area contributed by atoms with Crippen molar-refractivity contribution in [3.05, 3.63) is 45.8 Å². The molecule has 0 fully saturated rings. The number of carbonyl (C=O) groups excluding carboxylic acids is 3. The van der Waals surface area contributed by atoms with Gasteiger partial charge in [0.15, 0.2) is 11.5 Å². The Morgan fingerprint density at radius 3 is 2.17 bits per heavy atom. The summed E-state index contributed by atoms with van der Waals surface area (Å²) in [5.41, 5.74) is 0.579. The Bertz CT molecular complexity index is 1110. The van der Waals surface area contributed by atoms with Gasteiger partial charge in [-0.05, 0) is 33.3 Å². The summed E-state index contributed by atoms with van der Waals surface area (Å²) in [4.78, 5) is 50.4. The molecule has 0 aliphatic carbocycles. The minimum atomic E-state index is -1.09. The van der Waals surface area contributed by atoms with E-state index in [9.17, 15) is 24.5 Å². The predicted octanol–water partition coefficient (Wildman–Crippen LogP) is 4.67. The van der Waals surface area contributed by atoms with Gasteiger partial charge in [-0.2, -0.15) is 0 Å². The second-order valence-electron chi connectivity index (χ2n) is 7.54. The second kappa shape index (κ2) is 12.3. The molecule has 0 saturated carbocycles. The first kappa shape index (κ1) is 27.0. The number of hydrogen-bond donors (Lipinski definition) is 0. The maximum atomic E-state index is 12.4. The van der Waals surface area contributed by atoms with Crippen LogP contribution in [0.5, 0.6) is 11.5 Å². The third-order valence-electron chi connectivity index (χ3n) is 4.31. The van der Waals surface area contributed by atoms with Gasteiger partial charge >= 0.3 is 18.3 Å². The first-order valence-corrected chi connectivity index (χ1v) is 10.6. The summed E-state index contributed by atoms with van der Waals surface area (Å²) in [6.45, 7) is 7.60. The van der Waals surface area contributed by atoms with Crippen molar-refractivity contribution in [1.29, 1.82) is 0 Å². The van der Waals surface area contributed by atoms with Crippen LogP contribution in [0, 0.1) is 24.0 Å². The summed E-state index contributed by atoms with van der Waals surface area (Å²) in [6.07, 6.45) is -2.35. The highest BCUT2D eigenvalue weighted by atomic mass is 16.7.